The van der Waals surface area contributed by atoms with Crippen molar-refractivity contribution in [3.05, 3.63) is 29.8 Å². The molecule has 1 aliphatic carbocycles. The van der Waals surface area contributed by atoms with E-state index in [1.165, 1.54) is 6.07 Å². The third-order valence-corrected chi connectivity index (χ3v) is 7.70. The lowest BCUT2D eigenvalue weighted by molar-refractivity contribution is -0.137. The monoisotopic (exact) mass is 473 g/mol. The zero-order chi connectivity index (χ0) is 24.5. The Morgan fingerprint density at radius 3 is 2.38 bits per heavy atom. The second-order valence-electron chi connectivity index (χ2n) is 10.0. The molecule has 32 heavy (non-hydrogen) atoms. The molecule has 5 nitrogen and oxygen atoms in total. The summed E-state index contributed by atoms with van der Waals surface area (Å²) in [5.41, 5.74) is 3.24. The van der Waals surface area contributed by atoms with Gasteiger partial charge in [-0.1, -0.05) is 26.8 Å². The largest absolute Gasteiger partial charge is 0.416 e. The third kappa shape index (κ3) is 6.41. The lowest BCUT2D eigenvalue weighted by Crippen LogP contribution is -2.53. The molecule has 0 bridgehead atoms. The zero-order valence-electron chi connectivity index (χ0n) is 19.5. The van der Waals surface area contributed by atoms with Gasteiger partial charge in [0.05, 0.1) is 5.56 Å². The number of primary amides is 1. The molecule has 0 aromatic heterocycles. The number of hydrogen-bond acceptors (Lipinski definition) is 4. The molecule has 1 aromatic carbocycles. The van der Waals surface area contributed by atoms with Gasteiger partial charge in [0, 0.05) is 16.4 Å². The average molecular weight is 474 g/mol. The van der Waals surface area contributed by atoms with Crippen LogP contribution in [0.15, 0.2) is 29.2 Å². The van der Waals surface area contributed by atoms with E-state index in [-0.39, 0.29) is 29.7 Å². The number of likely N-dealkylation sites (N-methyl/N-ethyl adjacent to an activating group) is 1. The van der Waals surface area contributed by atoms with Crippen LogP contribution in [0.2, 0.25) is 0 Å². The van der Waals surface area contributed by atoms with Crippen molar-refractivity contribution < 1.29 is 22.8 Å². The molecule has 0 radical (unpaired) electrons. The molecule has 1 aromatic rings. The quantitative estimate of drug-likeness (QED) is 0.529. The predicted octanol–water partition coefficient (Wildman–Crippen LogP) is 4.86. The molecule has 9 heteroatoms. The van der Waals surface area contributed by atoms with Crippen molar-refractivity contribution in [2.45, 2.75) is 76.5 Å². The van der Waals surface area contributed by atoms with Crippen molar-refractivity contribution in [2.75, 3.05) is 7.05 Å². The highest BCUT2D eigenvalue weighted by Crippen LogP contribution is 2.39. The van der Waals surface area contributed by atoms with E-state index >= 15 is 0 Å². The number of benzene rings is 1. The van der Waals surface area contributed by atoms with Crippen LogP contribution >= 0.6 is 11.9 Å². The molecule has 3 N–H and O–H groups in total. The number of halogens is 3. The van der Waals surface area contributed by atoms with E-state index in [0.717, 1.165) is 36.9 Å². The van der Waals surface area contributed by atoms with Crippen molar-refractivity contribution in [2.24, 2.45) is 23.0 Å². The molecular formula is C23H34F3N3O2S. The molecule has 2 amide bonds. The molecule has 0 heterocycles. The second-order valence-corrected chi connectivity index (χ2v) is 11.2. The topological polar surface area (TPSA) is 75.4 Å². The third-order valence-electron chi connectivity index (χ3n) is 6.51. The number of carbonyl (C=O) groups excluding carboxylic acids is 2. The summed E-state index contributed by atoms with van der Waals surface area (Å²) in [6.45, 7) is 9.26. The predicted molar refractivity (Wildman–Crippen MR) is 121 cm³/mol. The first-order valence-corrected chi connectivity index (χ1v) is 11.5. The van der Waals surface area contributed by atoms with Crippen molar-refractivity contribution in [1.29, 1.82) is 0 Å². The van der Waals surface area contributed by atoms with Crippen molar-refractivity contribution >= 4 is 23.8 Å². The zero-order valence-corrected chi connectivity index (χ0v) is 20.4. The van der Waals surface area contributed by atoms with Gasteiger partial charge in [-0.2, -0.15) is 13.2 Å². The van der Waals surface area contributed by atoms with E-state index in [2.05, 4.69) is 12.2 Å². The fourth-order valence-corrected chi connectivity index (χ4v) is 5.00. The van der Waals surface area contributed by atoms with Crippen LogP contribution in [0, 0.1) is 17.3 Å². The number of nitrogens with one attached hydrogen (secondary N) is 1. The van der Waals surface area contributed by atoms with Gasteiger partial charge in [-0.3, -0.25) is 9.59 Å². The minimum absolute atomic E-state index is 0.0255. The lowest BCUT2D eigenvalue weighted by atomic mass is 9.81. The van der Waals surface area contributed by atoms with E-state index < -0.39 is 22.7 Å². The molecule has 1 saturated carbocycles. The Kier molecular flexibility index (Phi) is 7.98. The Labute approximate surface area is 192 Å². The van der Waals surface area contributed by atoms with Gasteiger partial charge in [0.15, 0.2) is 0 Å². The second kappa shape index (κ2) is 9.63. The first-order chi connectivity index (χ1) is 14.5. The minimum Gasteiger partial charge on any atom is -0.369 e. The fourth-order valence-electron chi connectivity index (χ4n) is 4.06. The van der Waals surface area contributed by atoms with Crippen LogP contribution in [-0.2, 0) is 15.8 Å². The highest BCUT2D eigenvalue weighted by molar-refractivity contribution is 7.97. The molecule has 0 spiro atoms. The van der Waals surface area contributed by atoms with E-state index in [1.807, 2.05) is 13.8 Å². The van der Waals surface area contributed by atoms with Gasteiger partial charge >= 0.3 is 6.18 Å². The Morgan fingerprint density at radius 2 is 1.81 bits per heavy atom. The van der Waals surface area contributed by atoms with Crippen molar-refractivity contribution in [1.82, 2.24) is 9.62 Å². The molecule has 2 rings (SSSR count). The molecule has 3 unspecified atom stereocenters. The summed E-state index contributed by atoms with van der Waals surface area (Å²) < 4.78 is 40.7. The van der Waals surface area contributed by atoms with Crippen molar-refractivity contribution in [3.8, 4) is 0 Å². The Hall–Kier alpha value is -1.74. The van der Waals surface area contributed by atoms with Crippen LogP contribution in [0.1, 0.15) is 59.4 Å². The van der Waals surface area contributed by atoms with E-state index in [0.29, 0.717) is 11.3 Å². The Morgan fingerprint density at radius 1 is 1.19 bits per heavy atom. The molecule has 180 valence electrons. The maximum absolute atomic E-state index is 13.1. The number of nitrogens with zero attached hydrogens (tertiary/aromatic N) is 1. The average Bonchev–Trinajstić information content (AvgIpc) is 2.99. The summed E-state index contributed by atoms with van der Waals surface area (Å²) in [6.07, 6.45) is -2.07. The number of carbonyl (C=O) groups is 2. The first kappa shape index (κ1) is 26.5. The molecule has 0 saturated heterocycles. The summed E-state index contributed by atoms with van der Waals surface area (Å²) in [5, 5.41) is 3.13. The van der Waals surface area contributed by atoms with Crippen LogP contribution < -0.4 is 11.1 Å². The molecule has 3 atom stereocenters. The number of nitrogens with two attached hydrogens (primary N) is 1. The highest BCUT2D eigenvalue weighted by atomic mass is 32.2. The maximum Gasteiger partial charge on any atom is 0.416 e. The van der Waals surface area contributed by atoms with Crippen molar-refractivity contribution in [3.63, 3.8) is 0 Å². The Bertz CT molecular complexity index is 842. The lowest BCUT2D eigenvalue weighted by Gasteiger charge is -2.34. The minimum atomic E-state index is -4.42. The van der Waals surface area contributed by atoms with Crippen LogP contribution in [0.25, 0.3) is 0 Å². The smallest absolute Gasteiger partial charge is 0.369 e. The summed E-state index contributed by atoms with van der Waals surface area (Å²) in [4.78, 5) is 25.2. The van der Waals surface area contributed by atoms with E-state index in [4.69, 9.17) is 5.73 Å². The number of hydrogen-bond donors (Lipinski definition) is 2. The molecular weight excluding hydrogens is 439 g/mol. The van der Waals surface area contributed by atoms with Gasteiger partial charge in [0.1, 0.15) is 5.54 Å². The summed E-state index contributed by atoms with van der Waals surface area (Å²) in [7, 11) is 1.70. The fraction of sp³-hybridized carbons (Fsp3) is 0.652. The van der Waals surface area contributed by atoms with Gasteiger partial charge in [-0.25, -0.2) is 4.31 Å². The highest BCUT2D eigenvalue weighted by Gasteiger charge is 2.40. The summed E-state index contributed by atoms with van der Waals surface area (Å²) >= 11 is 1.10. The van der Waals surface area contributed by atoms with Gasteiger partial charge in [-0.15, -0.1) is 0 Å². The number of rotatable bonds is 8. The number of amides is 2. The SMILES string of the molecule is CC1CC(CC(C)(C)C(N)=O)CC1NC(=O)C(C)(C)N(C)Sc1cccc(C(F)(F)F)c1. The van der Waals surface area contributed by atoms with Gasteiger partial charge < -0.3 is 11.1 Å². The van der Waals surface area contributed by atoms with E-state index in [1.54, 1.807) is 31.3 Å². The Balaban J connectivity index is 2.02. The molecule has 1 aliphatic rings. The first-order valence-electron chi connectivity index (χ1n) is 10.7. The summed E-state index contributed by atoms with van der Waals surface area (Å²) in [5.74, 6) is 0.0288. The number of alkyl halides is 3. The van der Waals surface area contributed by atoms with Gasteiger partial charge in [0.25, 0.3) is 0 Å². The van der Waals surface area contributed by atoms with Crippen LogP contribution in [0.5, 0.6) is 0 Å². The molecule has 1 fully saturated rings. The maximum atomic E-state index is 13.1. The van der Waals surface area contributed by atoms with Crippen LogP contribution in [0.4, 0.5) is 13.2 Å². The van der Waals surface area contributed by atoms with Crippen LogP contribution in [-0.4, -0.2) is 34.7 Å². The normalized spacial score (nSPS) is 22.2. The standard InChI is InChI=1S/C23H34F3N3O2S/c1-14-10-15(13-21(2,3)19(27)30)11-18(14)28-20(31)22(4,5)29(6)32-17-9-7-8-16(12-17)23(24,25)26/h7-9,12,14-15,18H,10-11,13H2,1-6H3,(H2,27,30)(H,28,31). The molecule has 0 aliphatic heterocycles. The van der Waals surface area contributed by atoms with Gasteiger partial charge in [-0.05, 0) is 82.1 Å². The van der Waals surface area contributed by atoms with Gasteiger partial charge in [0.2, 0.25) is 11.8 Å². The van der Waals surface area contributed by atoms with E-state index in [9.17, 15) is 22.8 Å². The van der Waals surface area contributed by atoms with Crippen LogP contribution in [0.3, 0.4) is 0 Å². The summed E-state index contributed by atoms with van der Waals surface area (Å²) in [6, 6.07) is 5.04.